The van der Waals surface area contributed by atoms with E-state index in [0.29, 0.717) is 0 Å². The normalized spacial score (nSPS) is 10.9. The third-order valence-corrected chi connectivity index (χ3v) is 0. The van der Waals surface area contributed by atoms with E-state index >= 15 is 0 Å². The zero-order valence-corrected chi connectivity index (χ0v) is 14.0. The van der Waals surface area contributed by atoms with Gasteiger partial charge in [-0.2, -0.15) is 0 Å². The molecule has 130 valence electrons. The molecule has 0 aromatic rings. The van der Waals surface area contributed by atoms with Crippen molar-refractivity contribution in [2.24, 2.45) is 0 Å². The van der Waals surface area contributed by atoms with E-state index in [9.17, 15) is 0 Å². The standard InChI is InChI=1S/4ClHO4.K.Zr.H/c4*2-1(3,4)5;;;/h4*(H,2,3,4,5);;;/q;;;;;+4;/p-4. The Kier molecular flexibility index (Phi) is 31.7. The van der Waals surface area contributed by atoms with Crippen molar-refractivity contribution in [2.45, 2.75) is 0 Å². The molecule has 16 nitrogen and oxygen atoms in total. The number of hydrogen-bond donors (Lipinski definition) is 0. The van der Waals surface area contributed by atoms with Crippen LogP contribution in [0, 0.1) is 41.0 Å². The quantitative estimate of drug-likeness (QED) is 0.263. The van der Waals surface area contributed by atoms with Gasteiger partial charge in [0.05, 0.1) is 0 Å². The van der Waals surface area contributed by atoms with Gasteiger partial charge in [-0.25, -0.2) is 74.5 Å². The predicted molar refractivity (Wildman–Crippen MR) is 7.15 cm³/mol. The Morgan fingerprint density at radius 3 is 0.273 bits per heavy atom. The summed E-state index contributed by atoms with van der Waals surface area (Å²) in [4.78, 5) is 0. The largest absolute Gasteiger partial charge is 4.00 e. The summed E-state index contributed by atoms with van der Waals surface area (Å²) in [7, 11) is -19.8. The van der Waals surface area contributed by atoms with Crippen LogP contribution in [0.25, 0.3) is 0 Å². The van der Waals surface area contributed by atoms with Crippen molar-refractivity contribution >= 4 is 51.4 Å². The topological polar surface area (TPSA) is 369 Å². The second-order valence-electron chi connectivity index (χ2n) is 1.51. The molecule has 0 N–H and O–H groups in total. The minimum absolute atomic E-state index is 0. The van der Waals surface area contributed by atoms with Crippen molar-refractivity contribution in [1.29, 1.82) is 0 Å². The van der Waals surface area contributed by atoms with Gasteiger partial charge >= 0.3 is 77.6 Å². The molecule has 0 aliphatic rings. The molecule has 0 amide bonds. The molecule has 0 bridgehead atoms. The predicted octanol–water partition coefficient (Wildman–Crippen LogP) is -19.7. The Balaban J connectivity index is -0.0000000376. The molecule has 22 heteroatoms. The Labute approximate surface area is 190 Å². The molecule has 0 fully saturated rings. The molecule has 0 aromatic carbocycles. The van der Waals surface area contributed by atoms with Gasteiger partial charge in [0.25, 0.3) is 0 Å². The molecule has 0 unspecified atom stereocenters. The molecule has 0 aliphatic carbocycles. The number of hydrogen-bond acceptors (Lipinski definition) is 16. The van der Waals surface area contributed by atoms with Crippen molar-refractivity contribution in [3.8, 4) is 0 Å². The van der Waals surface area contributed by atoms with Crippen LogP contribution < -0.4 is 74.5 Å². The maximum Gasteiger partial charge on any atom is 4.00 e. The molecule has 0 aromatic heterocycles. The Hall–Kier alpha value is 3.04. The maximum absolute atomic E-state index is 8.49. The van der Waals surface area contributed by atoms with Gasteiger partial charge in [0.15, 0.2) is 0 Å². The van der Waals surface area contributed by atoms with Gasteiger partial charge in [0.1, 0.15) is 0 Å². The molecule has 0 heterocycles. The van der Waals surface area contributed by atoms with Crippen molar-refractivity contribution < 1.29 is 142 Å². The molecule has 0 atom stereocenters. The van der Waals surface area contributed by atoms with Gasteiger partial charge in [0, 0.05) is 0 Å². The fraction of sp³-hybridized carbons (Fsp3) is 0. The molecule has 0 rings (SSSR count). The van der Waals surface area contributed by atoms with E-state index < -0.39 is 41.0 Å². The summed E-state index contributed by atoms with van der Waals surface area (Å²) >= 11 is 0. The van der Waals surface area contributed by atoms with Crippen LogP contribution in [0.4, 0.5) is 0 Å². The smallest absolute Gasteiger partial charge is 0.222 e. The van der Waals surface area contributed by atoms with Gasteiger partial charge < -0.3 is 0 Å². The summed E-state index contributed by atoms with van der Waals surface area (Å²) in [5.41, 5.74) is 0. The molecule has 0 radical (unpaired) electrons. The first kappa shape index (κ1) is 39.9. The van der Waals surface area contributed by atoms with E-state index in [1.165, 1.54) is 0 Å². The molecule has 22 heavy (non-hydrogen) atoms. The summed E-state index contributed by atoms with van der Waals surface area (Å²) in [5, 5.41) is 0. The SMILES string of the molecule is [KH].[O-][Cl+3]([O-])([O-])[O-].[O-][Cl+3]([O-])([O-])[O-].[O-][Cl+3]([O-])([O-])[O-].[O-][Cl+3]([O-])([O-])[O-].[Zr+4]. The third-order valence-electron chi connectivity index (χ3n) is 0. The first-order valence-corrected chi connectivity index (χ1v) is 7.41. The third kappa shape index (κ3) is 1210. The molecule has 0 spiro atoms. The van der Waals surface area contributed by atoms with E-state index in [1.807, 2.05) is 0 Å². The Morgan fingerprint density at radius 2 is 0.273 bits per heavy atom. The zero-order chi connectivity index (χ0) is 18.0. The molecule has 0 saturated carbocycles. The van der Waals surface area contributed by atoms with Gasteiger partial charge in [0.2, 0.25) is 0 Å². The van der Waals surface area contributed by atoms with Crippen molar-refractivity contribution in [3.05, 3.63) is 0 Å². The fourth-order valence-corrected chi connectivity index (χ4v) is 0. The van der Waals surface area contributed by atoms with Crippen LogP contribution in [0.1, 0.15) is 0 Å². The molecule has 0 saturated heterocycles. The van der Waals surface area contributed by atoms with Crippen LogP contribution in [0.5, 0.6) is 0 Å². The summed E-state index contributed by atoms with van der Waals surface area (Å²) in [6.07, 6.45) is 0. The summed E-state index contributed by atoms with van der Waals surface area (Å²) < 4.78 is 136. The van der Waals surface area contributed by atoms with E-state index in [-0.39, 0.29) is 77.6 Å². The molecular weight excluding hydrogens is 528 g/mol. The second-order valence-corrected chi connectivity index (χ2v) is 4.54. The van der Waals surface area contributed by atoms with E-state index in [4.69, 9.17) is 74.5 Å². The summed E-state index contributed by atoms with van der Waals surface area (Å²) in [6.45, 7) is 0. The molecular formula is HCl4KO16Zr. The first-order valence-electron chi connectivity index (χ1n) is 2.47. The van der Waals surface area contributed by atoms with E-state index in [1.54, 1.807) is 0 Å². The number of rotatable bonds is 0. The van der Waals surface area contributed by atoms with Crippen molar-refractivity contribution in [2.75, 3.05) is 0 Å². The average molecular weight is 529 g/mol. The van der Waals surface area contributed by atoms with Crippen molar-refractivity contribution in [3.63, 3.8) is 0 Å². The van der Waals surface area contributed by atoms with Gasteiger partial charge in [-0.3, -0.25) is 0 Å². The van der Waals surface area contributed by atoms with Crippen LogP contribution in [0.15, 0.2) is 0 Å². The van der Waals surface area contributed by atoms with Crippen LogP contribution in [0.3, 0.4) is 0 Å². The fourth-order valence-electron chi connectivity index (χ4n) is 0. The van der Waals surface area contributed by atoms with Crippen LogP contribution >= 0.6 is 0 Å². The molecule has 0 aliphatic heterocycles. The minimum Gasteiger partial charge on any atom is -0.222 e. The van der Waals surface area contributed by atoms with E-state index in [0.717, 1.165) is 0 Å². The van der Waals surface area contributed by atoms with E-state index in [2.05, 4.69) is 0 Å². The zero-order valence-electron chi connectivity index (χ0n) is 8.54. The Bertz CT molecular complexity index is 136. The van der Waals surface area contributed by atoms with Gasteiger partial charge in [-0.05, 0) is 0 Å². The maximum atomic E-state index is 8.49. The Morgan fingerprint density at radius 1 is 0.273 bits per heavy atom. The number of halogens is 4. The minimum atomic E-state index is -4.94. The first-order chi connectivity index (χ1) is 8.00. The summed E-state index contributed by atoms with van der Waals surface area (Å²) in [5.74, 6) is 0. The van der Waals surface area contributed by atoms with Gasteiger partial charge in [-0.15, -0.1) is 41.0 Å². The van der Waals surface area contributed by atoms with Gasteiger partial charge in [-0.1, -0.05) is 0 Å². The van der Waals surface area contributed by atoms with Crippen LogP contribution in [-0.2, 0) is 26.2 Å². The van der Waals surface area contributed by atoms with Crippen LogP contribution in [0.2, 0.25) is 0 Å². The van der Waals surface area contributed by atoms with Crippen LogP contribution in [-0.4, -0.2) is 51.4 Å². The van der Waals surface area contributed by atoms with Crippen molar-refractivity contribution in [1.82, 2.24) is 0 Å². The monoisotopic (exact) mass is 526 g/mol. The summed E-state index contributed by atoms with van der Waals surface area (Å²) in [6, 6.07) is 0. The second kappa shape index (κ2) is 17.5. The average Bonchev–Trinajstić information content (AvgIpc) is 1.62.